The molecular weight excluding hydrogens is 456 g/mol. The lowest BCUT2D eigenvalue weighted by Crippen LogP contribution is -2.35. The van der Waals surface area contributed by atoms with Crippen molar-refractivity contribution in [3.63, 3.8) is 0 Å². The molecule has 0 spiro atoms. The fourth-order valence-corrected chi connectivity index (χ4v) is 5.85. The number of carbonyl (C=O) groups is 2. The zero-order chi connectivity index (χ0) is 22.9. The van der Waals surface area contributed by atoms with E-state index in [4.69, 9.17) is 9.26 Å². The first-order chi connectivity index (χ1) is 15.2. The van der Waals surface area contributed by atoms with Gasteiger partial charge in [0.15, 0.2) is 0 Å². The van der Waals surface area contributed by atoms with Crippen LogP contribution < -0.4 is 9.61 Å². The van der Waals surface area contributed by atoms with Crippen molar-refractivity contribution < 1.29 is 32.9 Å². The van der Waals surface area contributed by atoms with Gasteiger partial charge < -0.3 is 14.4 Å². The molecule has 0 radical (unpaired) electrons. The predicted molar refractivity (Wildman–Crippen MR) is 119 cm³/mol. The number of halogens is 1. The van der Waals surface area contributed by atoms with Gasteiger partial charge in [-0.15, -0.1) is 11.3 Å². The van der Waals surface area contributed by atoms with E-state index >= 15 is 4.39 Å². The Morgan fingerprint density at radius 3 is 2.56 bits per heavy atom. The van der Waals surface area contributed by atoms with Gasteiger partial charge in [0.05, 0.1) is 0 Å². The molecule has 1 aliphatic rings. The third-order valence-electron chi connectivity index (χ3n) is 4.84. The SMILES string of the molecule is C[C@H](NP(=O)(Oc1ccccc1)C(F)c1ccc2sc(C(=O)O)cc2c1)C(=O)OC1CC1. The molecule has 0 amide bonds. The number of aromatic carboxylic acids is 1. The Morgan fingerprint density at radius 2 is 1.91 bits per heavy atom. The van der Waals surface area contributed by atoms with E-state index in [9.17, 15) is 19.3 Å². The minimum absolute atomic E-state index is 0.0433. The Morgan fingerprint density at radius 1 is 1.19 bits per heavy atom. The number of rotatable bonds is 9. The van der Waals surface area contributed by atoms with Gasteiger partial charge in [0.2, 0.25) is 5.91 Å². The van der Waals surface area contributed by atoms with E-state index in [0.29, 0.717) is 10.1 Å². The molecule has 168 valence electrons. The van der Waals surface area contributed by atoms with Gasteiger partial charge in [-0.25, -0.2) is 14.3 Å². The molecule has 10 heteroatoms. The van der Waals surface area contributed by atoms with Crippen molar-refractivity contribution >= 4 is 40.9 Å². The maximum Gasteiger partial charge on any atom is 0.355 e. The number of carbonyl (C=O) groups excluding carboxylic acids is 1. The van der Waals surface area contributed by atoms with Crippen LogP contribution in [0.1, 0.15) is 40.9 Å². The first-order valence-corrected chi connectivity index (χ1v) is 12.5. The maximum absolute atomic E-state index is 15.7. The molecule has 7 nitrogen and oxygen atoms in total. The molecule has 1 aromatic heterocycles. The molecule has 2 aromatic carbocycles. The van der Waals surface area contributed by atoms with Crippen LogP contribution in [0.15, 0.2) is 54.6 Å². The standard InChI is InChI=1S/C22H21FNO6PS/c1-13(22(27)29-16-8-9-16)24-31(28,30-17-5-3-2-4-6-17)20(23)14-7-10-18-15(11-14)12-19(32-18)21(25)26/h2-7,10-13,16,20H,8-9H2,1H3,(H,24,28)(H,25,26)/t13-,20?,31?/m0/s1. The highest BCUT2D eigenvalue weighted by molar-refractivity contribution is 7.57. The van der Waals surface area contributed by atoms with Gasteiger partial charge in [-0.2, -0.15) is 0 Å². The average molecular weight is 477 g/mol. The quantitative estimate of drug-likeness (QED) is 0.309. The molecule has 4 rings (SSSR count). The smallest absolute Gasteiger partial charge is 0.355 e. The molecule has 32 heavy (non-hydrogen) atoms. The third kappa shape index (κ3) is 5.01. The van der Waals surface area contributed by atoms with Crippen LogP contribution in [0.2, 0.25) is 0 Å². The summed E-state index contributed by atoms with van der Waals surface area (Å²) in [5.41, 5.74) is 0.0433. The normalized spacial score (nSPS) is 17.3. The van der Waals surface area contributed by atoms with Crippen LogP contribution in [0, 0.1) is 0 Å². The minimum atomic E-state index is -4.31. The highest BCUT2D eigenvalue weighted by atomic mass is 32.1. The van der Waals surface area contributed by atoms with E-state index in [1.54, 1.807) is 24.3 Å². The zero-order valence-corrected chi connectivity index (χ0v) is 18.8. The molecule has 1 aliphatic carbocycles. The molecule has 2 N–H and O–H groups in total. The monoisotopic (exact) mass is 477 g/mol. The van der Waals surface area contributed by atoms with Crippen LogP contribution >= 0.6 is 18.9 Å². The minimum Gasteiger partial charge on any atom is -0.477 e. The number of fused-ring (bicyclic) bond motifs is 1. The number of hydrogen-bond acceptors (Lipinski definition) is 6. The summed E-state index contributed by atoms with van der Waals surface area (Å²) in [6.07, 6.45) is 1.41. The third-order valence-corrected chi connectivity index (χ3v) is 8.07. The van der Waals surface area contributed by atoms with Crippen LogP contribution in [0.5, 0.6) is 5.75 Å². The van der Waals surface area contributed by atoms with Crippen LogP contribution in [-0.2, 0) is 14.1 Å². The molecule has 0 aliphatic heterocycles. The molecule has 1 heterocycles. The van der Waals surface area contributed by atoms with E-state index in [0.717, 1.165) is 24.2 Å². The van der Waals surface area contributed by atoms with Gasteiger partial charge in [-0.1, -0.05) is 24.3 Å². The van der Waals surface area contributed by atoms with Gasteiger partial charge in [-0.3, -0.25) is 9.36 Å². The molecule has 0 saturated heterocycles. The highest BCUT2D eigenvalue weighted by Gasteiger charge is 2.41. The van der Waals surface area contributed by atoms with E-state index in [1.165, 1.54) is 37.3 Å². The second-order valence-corrected chi connectivity index (χ2v) is 10.7. The number of benzene rings is 2. The summed E-state index contributed by atoms with van der Waals surface area (Å²) in [5.74, 6) is -3.64. The Hall–Kier alpha value is -2.74. The van der Waals surface area contributed by atoms with Crippen LogP contribution in [0.25, 0.3) is 10.1 Å². The van der Waals surface area contributed by atoms with Crippen molar-refractivity contribution in [3.05, 3.63) is 65.0 Å². The molecule has 1 fully saturated rings. The lowest BCUT2D eigenvalue weighted by Gasteiger charge is -2.26. The van der Waals surface area contributed by atoms with Crippen LogP contribution in [0.4, 0.5) is 4.39 Å². The second kappa shape index (κ2) is 9.02. The zero-order valence-electron chi connectivity index (χ0n) is 17.1. The first kappa shape index (κ1) is 22.5. The number of alkyl halides is 1. The van der Waals surface area contributed by atoms with Crippen LogP contribution in [0.3, 0.4) is 0 Å². The van der Waals surface area contributed by atoms with Crippen molar-refractivity contribution in [1.29, 1.82) is 0 Å². The Labute approximate surface area is 187 Å². The van der Waals surface area contributed by atoms with Crippen molar-refractivity contribution in [1.82, 2.24) is 5.09 Å². The number of para-hydroxylation sites is 1. The number of thiophene rings is 1. The lowest BCUT2D eigenvalue weighted by atomic mass is 10.2. The number of esters is 1. The predicted octanol–water partition coefficient (Wildman–Crippen LogP) is 5.52. The Bertz CT molecular complexity index is 1200. The van der Waals surface area contributed by atoms with E-state index in [2.05, 4.69) is 5.09 Å². The Balaban J connectivity index is 1.64. The number of nitrogens with one attached hydrogen (secondary N) is 1. The summed E-state index contributed by atoms with van der Waals surface area (Å²) in [6.45, 7) is 1.44. The summed E-state index contributed by atoms with van der Waals surface area (Å²) in [7, 11) is -4.31. The van der Waals surface area contributed by atoms with Gasteiger partial charge in [-0.05, 0) is 61.0 Å². The highest BCUT2D eigenvalue weighted by Crippen LogP contribution is 2.58. The molecule has 3 aromatic rings. The van der Waals surface area contributed by atoms with Gasteiger partial charge in [0.1, 0.15) is 22.8 Å². The maximum atomic E-state index is 15.7. The van der Waals surface area contributed by atoms with Gasteiger partial charge in [0.25, 0.3) is 0 Å². The van der Waals surface area contributed by atoms with Crippen molar-refractivity contribution in [2.75, 3.05) is 0 Å². The fourth-order valence-electron chi connectivity index (χ4n) is 3.06. The van der Waals surface area contributed by atoms with Crippen molar-refractivity contribution in [3.8, 4) is 5.75 Å². The first-order valence-electron chi connectivity index (χ1n) is 9.99. The number of ether oxygens (including phenoxy) is 1. The number of hydrogen-bond donors (Lipinski definition) is 2. The number of carboxylic acid groups (broad SMARTS) is 1. The Kier molecular flexibility index (Phi) is 6.33. The van der Waals surface area contributed by atoms with E-state index < -0.39 is 31.4 Å². The topological polar surface area (TPSA) is 102 Å². The van der Waals surface area contributed by atoms with E-state index in [1.807, 2.05) is 0 Å². The fraction of sp³-hybridized carbons (Fsp3) is 0.273. The molecular formula is C22H21FNO6PS. The molecule has 2 unspecified atom stereocenters. The van der Waals surface area contributed by atoms with Gasteiger partial charge in [0, 0.05) is 4.70 Å². The number of carboxylic acids is 1. The van der Waals surface area contributed by atoms with Crippen molar-refractivity contribution in [2.45, 2.75) is 37.8 Å². The second-order valence-electron chi connectivity index (χ2n) is 7.54. The average Bonchev–Trinajstić information content (AvgIpc) is 3.47. The summed E-state index contributed by atoms with van der Waals surface area (Å²) in [5, 5.41) is 12.2. The lowest BCUT2D eigenvalue weighted by molar-refractivity contribution is -0.146. The summed E-state index contributed by atoms with van der Waals surface area (Å²) < 4.78 is 41.0. The summed E-state index contributed by atoms with van der Waals surface area (Å²) in [4.78, 5) is 23.6. The summed E-state index contributed by atoms with van der Waals surface area (Å²) in [6, 6.07) is 12.9. The van der Waals surface area contributed by atoms with E-state index in [-0.39, 0.29) is 22.3 Å². The summed E-state index contributed by atoms with van der Waals surface area (Å²) >= 11 is 1.06. The largest absolute Gasteiger partial charge is 0.477 e. The van der Waals surface area contributed by atoms with Gasteiger partial charge >= 0.3 is 19.5 Å². The van der Waals surface area contributed by atoms with Crippen LogP contribution in [-0.4, -0.2) is 29.2 Å². The molecule has 3 atom stereocenters. The molecule has 1 saturated carbocycles. The molecule has 0 bridgehead atoms. The van der Waals surface area contributed by atoms with Crippen molar-refractivity contribution in [2.24, 2.45) is 0 Å².